The smallest absolute Gasteiger partial charge is 0.263 e. The van der Waals surface area contributed by atoms with Gasteiger partial charge in [0.1, 0.15) is 11.2 Å². The SMILES string of the molecule is Cc1ccc(-n2ncc3c(=O)[nH]c(-n4nc(C)cc4NC(=O)c4cccc(Cl)c4)nc32)cc1. The van der Waals surface area contributed by atoms with Crippen LogP contribution in [0.2, 0.25) is 5.02 Å². The second-order valence-corrected chi connectivity index (χ2v) is 8.00. The van der Waals surface area contributed by atoms with Crippen LogP contribution in [-0.2, 0) is 0 Å². The Hall–Kier alpha value is -4.24. The minimum Gasteiger partial charge on any atom is -0.306 e. The van der Waals surface area contributed by atoms with Crippen molar-refractivity contribution in [3.8, 4) is 11.6 Å². The van der Waals surface area contributed by atoms with Crippen LogP contribution in [0.5, 0.6) is 0 Å². The van der Waals surface area contributed by atoms with Crippen molar-refractivity contribution in [2.75, 3.05) is 5.32 Å². The molecule has 3 aromatic heterocycles. The van der Waals surface area contributed by atoms with E-state index in [2.05, 4.69) is 25.5 Å². The number of halogens is 1. The lowest BCUT2D eigenvalue weighted by Crippen LogP contribution is -2.19. The van der Waals surface area contributed by atoms with Crippen LogP contribution in [0.25, 0.3) is 22.7 Å². The highest BCUT2D eigenvalue weighted by atomic mass is 35.5. The van der Waals surface area contributed by atoms with Crippen LogP contribution >= 0.6 is 11.6 Å². The Morgan fingerprint density at radius 3 is 2.61 bits per heavy atom. The van der Waals surface area contributed by atoms with Crippen molar-refractivity contribution in [1.29, 1.82) is 0 Å². The normalized spacial score (nSPS) is 11.1. The lowest BCUT2D eigenvalue weighted by Gasteiger charge is -2.09. The number of fused-ring (bicyclic) bond motifs is 1. The number of hydrogen-bond acceptors (Lipinski definition) is 5. The van der Waals surface area contributed by atoms with Gasteiger partial charge in [0.25, 0.3) is 11.5 Å². The first kappa shape index (κ1) is 20.7. The molecule has 0 aliphatic carbocycles. The fourth-order valence-corrected chi connectivity index (χ4v) is 3.64. The van der Waals surface area contributed by atoms with E-state index in [1.165, 1.54) is 10.9 Å². The van der Waals surface area contributed by atoms with Gasteiger partial charge in [-0.3, -0.25) is 14.6 Å². The molecule has 3 heterocycles. The Bertz CT molecular complexity index is 1560. The number of H-pyrrole nitrogens is 1. The summed E-state index contributed by atoms with van der Waals surface area (Å²) < 4.78 is 2.97. The maximum atomic E-state index is 12.8. The standard InChI is InChI=1S/C23H18ClN7O2/c1-13-6-8-17(9-7-13)30-20-18(12-25-30)22(33)28-23(27-20)31-19(10-14(2)29-31)26-21(32)15-4-3-5-16(24)11-15/h3-12H,1-2H3,(H,26,32)(H,27,28,33). The summed E-state index contributed by atoms with van der Waals surface area (Å²) in [7, 11) is 0. The van der Waals surface area contributed by atoms with E-state index in [0.717, 1.165) is 11.3 Å². The molecule has 0 spiro atoms. The average Bonchev–Trinajstić information content (AvgIpc) is 3.38. The van der Waals surface area contributed by atoms with Crippen LogP contribution in [0.4, 0.5) is 5.82 Å². The molecule has 0 aliphatic heterocycles. The molecule has 0 atom stereocenters. The third-order valence-electron chi connectivity index (χ3n) is 5.06. The topological polar surface area (TPSA) is 110 Å². The molecular weight excluding hydrogens is 442 g/mol. The lowest BCUT2D eigenvalue weighted by molar-refractivity contribution is 0.102. The van der Waals surface area contributed by atoms with Crippen LogP contribution < -0.4 is 10.9 Å². The number of carbonyl (C=O) groups is 1. The number of aromatic amines is 1. The summed E-state index contributed by atoms with van der Waals surface area (Å²) in [6, 6.07) is 16.0. The van der Waals surface area contributed by atoms with Crippen molar-refractivity contribution in [1.82, 2.24) is 29.5 Å². The van der Waals surface area contributed by atoms with Gasteiger partial charge in [-0.25, -0.2) is 4.68 Å². The van der Waals surface area contributed by atoms with Crippen LogP contribution in [-0.4, -0.2) is 35.4 Å². The second kappa shape index (κ2) is 8.03. The van der Waals surface area contributed by atoms with E-state index in [4.69, 9.17) is 11.6 Å². The molecule has 0 radical (unpaired) electrons. The van der Waals surface area contributed by atoms with Crippen molar-refractivity contribution in [2.24, 2.45) is 0 Å². The van der Waals surface area contributed by atoms with Crippen molar-refractivity contribution in [2.45, 2.75) is 13.8 Å². The van der Waals surface area contributed by atoms with Gasteiger partial charge in [0, 0.05) is 16.7 Å². The molecule has 0 aliphatic rings. The van der Waals surface area contributed by atoms with E-state index in [1.807, 2.05) is 31.2 Å². The molecule has 0 fully saturated rings. The van der Waals surface area contributed by atoms with E-state index in [1.54, 1.807) is 41.9 Å². The fraction of sp³-hybridized carbons (Fsp3) is 0.0870. The molecule has 0 saturated heterocycles. The van der Waals surface area contributed by atoms with Gasteiger partial charge in [-0.2, -0.15) is 19.9 Å². The number of nitrogens with zero attached hydrogens (tertiary/aromatic N) is 5. The Kier molecular flexibility index (Phi) is 5.02. The number of hydrogen-bond donors (Lipinski definition) is 2. The number of benzene rings is 2. The third kappa shape index (κ3) is 3.90. The Labute approximate surface area is 192 Å². The Morgan fingerprint density at radius 1 is 1.06 bits per heavy atom. The zero-order chi connectivity index (χ0) is 23.1. The van der Waals surface area contributed by atoms with Gasteiger partial charge in [-0.15, -0.1) is 0 Å². The summed E-state index contributed by atoms with van der Waals surface area (Å²) in [4.78, 5) is 32.9. The largest absolute Gasteiger partial charge is 0.306 e. The molecule has 5 aromatic rings. The molecule has 2 aromatic carbocycles. The molecule has 1 amide bonds. The van der Waals surface area contributed by atoms with Gasteiger partial charge in [-0.1, -0.05) is 35.4 Å². The predicted molar refractivity (Wildman–Crippen MR) is 125 cm³/mol. The number of rotatable bonds is 4. The molecule has 33 heavy (non-hydrogen) atoms. The van der Waals surface area contributed by atoms with E-state index < -0.39 is 0 Å². The molecule has 2 N–H and O–H groups in total. The maximum Gasteiger partial charge on any atom is 0.263 e. The maximum absolute atomic E-state index is 12.8. The molecule has 10 heteroatoms. The van der Waals surface area contributed by atoms with Gasteiger partial charge in [0.2, 0.25) is 5.95 Å². The van der Waals surface area contributed by atoms with Gasteiger partial charge in [0.15, 0.2) is 5.65 Å². The summed E-state index contributed by atoms with van der Waals surface area (Å²) in [5.41, 5.74) is 2.90. The van der Waals surface area contributed by atoms with E-state index in [-0.39, 0.29) is 17.4 Å². The van der Waals surface area contributed by atoms with Gasteiger partial charge in [0.05, 0.1) is 17.6 Å². The molecule has 9 nitrogen and oxygen atoms in total. The Balaban J connectivity index is 1.58. The quantitative estimate of drug-likeness (QED) is 0.424. The summed E-state index contributed by atoms with van der Waals surface area (Å²) in [6.07, 6.45) is 1.47. The average molecular weight is 460 g/mol. The monoisotopic (exact) mass is 459 g/mol. The van der Waals surface area contributed by atoms with Crippen molar-refractivity contribution in [3.05, 3.63) is 93.0 Å². The molecule has 0 unspecified atom stereocenters. The number of aromatic nitrogens is 6. The highest BCUT2D eigenvalue weighted by Gasteiger charge is 2.17. The third-order valence-corrected chi connectivity index (χ3v) is 5.30. The molecule has 5 rings (SSSR count). The summed E-state index contributed by atoms with van der Waals surface area (Å²) in [5.74, 6) is 0.129. The summed E-state index contributed by atoms with van der Waals surface area (Å²) >= 11 is 6.00. The molecule has 164 valence electrons. The van der Waals surface area contributed by atoms with E-state index >= 15 is 0 Å². The first-order valence-electron chi connectivity index (χ1n) is 10.1. The van der Waals surface area contributed by atoms with E-state index in [0.29, 0.717) is 33.1 Å². The van der Waals surface area contributed by atoms with Gasteiger partial charge in [-0.05, 0) is 44.2 Å². The van der Waals surface area contributed by atoms with Crippen molar-refractivity contribution >= 4 is 34.4 Å². The lowest BCUT2D eigenvalue weighted by atomic mass is 10.2. The Morgan fingerprint density at radius 2 is 1.85 bits per heavy atom. The number of aryl methyl sites for hydroxylation is 2. The summed E-state index contributed by atoms with van der Waals surface area (Å²) in [5, 5.41) is 12.3. The van der Waals surface area contributed by atoms with Crippen LogP contribution in [0.15, 0.2) is 65.6 Å². The zero-order valence-corrected chi connectivity index (χ0v) is 18.5. The molecule has 0 saturated carbocycles. The number of anilines is 1. The van der Waals surface area contributed by atoms with E-state index in [9.17, 15) is 9.59 Å². The van der Waals surface area contributed by atoms with Crippen LogP contribution in [0.3, 0.4) is 0 Å². The minimum absolute atomic E-state index is 0.149. The first-order valence-corrected chi connectivity index (χ1v) is 10.5. The fourth-order valence-electron chi connectivity index (χ4n) is 3.45. The highest BCUT2D eigenvalue weighted by molar-refractivity contribution is 6.31. The minimum atomic E-state index is -0.369. The number of nitrogens with one attached hydrogen (secondary N) is 2. The highest BCUT2D eigenvalue weighted by Crippen LogP contribution is 2.19. The number of carbonyl (C=O) groups excluding carboxylic acids is 1. The number of amides is 1. The predicted octanol–water partition coefficient (Wildman–Crippen LogP) is 3.82. The zero-order valence-electron chi connectivity index (χ0n) is 17.7. The van der Waals surface area contributed by atoms with Crippen LogP contribution in [0.1, 0.15) is 21.6 Å². The second-order valence-electron chi connectivity index (χ2n) is 7.57. The van der Waals surface area contributed by atoms with Crippen LogP contribution in [0, 0.1) is 13.8 Å². The van der Waals surface area contributed by atoms with Gasteiger partial charge >= 0.3 is 0 Å². The van der Waals surface area contributed by atoms with Crippen molar-refractivity contribution in [3.63, 3.8) is 0 Å². The summed E-state index contributed by atoms with van der Waals surface area (Å²) in [6.45, 7) is 3.77. The molecule has 0 bridgehead atoms. The first-order chi connectivity index (χ1) is 15.9. The van der Waals surface area contributed by atoms with Crippen molar-refractivity contribution < 1.29 is 4.79 Å². The van der Waals surface area contributed by atoms with Gasteiger partial charge < -0.3 is 5.32 Å². The molecular formula is C23H18ClN7O2.